The summed E-state index contributed by atoms with van der Waals surface area (Å²) >= 11 is 0. The molecule has 0 heterocycles. The minimum atomic E-state index is -3.59. The normalized spacial score (nSPS) is 15.6. The summed E-state index contributed by atoms with van der Waals surface area (Å²) in [5.74, 6) is 0. The molecule has 0 aliphatic rings. The zero-order chi connectivity index (χ0) is 15.3. The number of hydrogen-bond acceptors (Lipinski definition) is 5. The summed E-state index contributed by atoms with van der Waals surface area (Å²) in [6.45, 7) is 9.34. The average molecular weight is 316 g/mol. The van der Waals surface area contributed by atoms with Gasteiger partial charge in [0.25, 0.3) is 0 Å². The Bertz CT molecular complexity index is 311. The lowest BCUT2D eigenvalue weighted by molar-refractivity contribution is 0.0648. The Morgan fingerprint density at radius 1 is 1.21 bits per heavy atom. The van der Waals surface area contributed by atoms with E-state index in [0.717, 1.165) is 0 Å². The molecule has 116 valence electrons. The fourth-order valence-corrected chi connectivity index (χ4v) is 3.08. The number of halogens is 1. The largest absolute Gasteiger partial charge is 0.474 e. The van der Waals surface area contributed by atoms with Gasteiger partial charge in [-0.15, -0.1) is 0 Å². The highest BCUT2D eigenvalue weighted by Gasteiger charge is 2.39. The predicted octanol–water partition coefficient (Wildman–Crippen LogP) is 3.76. The summed E-state index contributed by atoms with van der Waals surface area (Å²) in [7, 11) is -3.26. The minimum absolute atomic E-state index is 0.0351. The molecule has 5 nitrogen and oxygen atoms in total. The molecule has 0 aromatic carbocycles. The maximum Gasteiger partial charge on any atom is 0.474 e. The van der Waals surface area contributed by atoms with Crippen LogP contribution in [-0.4, -0.2) is 41.9 Å². The van der Waals surface area contributed by atoms with Crippen LogP contribution in [0.2, 0.25) is 18.1 Å². The van der Waals surface area contributed by atoms with E-state index < -0.39 is 28.9 Å². The van der Waals surface area contributed by atoms with Gasteiger partial charge in [0.2, 0.25) is 0 Å². The lowest BCUT2D eigenvalue weighted by atomic mass is 10.2. The van der Waals surface area contributed by atoms with E-state index in [1.807, 2.05) is 13.1 Å². The van der Waals surface area contributed by atoms with Gasteiger partial charge in [0.15, 0.2) is 8.32 Å². The van der Waals surface area contributed by atoms with E-state index in [-0.39, 0.29) is 11.6 Å². The monoisotopic (exact) mass is 316 g/mol. The first-order valence-electron chi connectivity index (χ1n) is 6.11. The summed E-state index contributed by atoms with van der Waals surface area (Å²) in [6.07, 6.45) is -0.764. The van der Waals surface area contributed by atoms with Crippen molar-refractivity contribution in [1.82, 2.24) is 0 Å². The molecule has 0 aromatic rings. The fraction of sp³-hybridized carbons (Fsp3) is 1.00. The molecule has 0 aliphatic carbocycles. The minimum Gasteiger partial charge on any atom is -0.409 e. The molecule has 1 atom stereocenters. The second-order valence-electron chi connectivity index (χ2n) is 5.76. The van der Waals surface area contributed by atoms with Crippen molar-refractivity contribution in [3.8, 4) is 0 Å². The Morgan fingerprint density at radius 2 is 1.68 bits per heavy atom. The Balaban J connectivity index is 4.58. The van der Waals surface area contributed by atoms with E-state index in [9.17, 15) is 8.96 Å². The van der Waals surface area contributed by atoms with Crippen LogP contribution < -0.4 is 0 Å². The molecular formula is C11H26FO5PSi. The van der Waals surface area contributed by atoms with Crippen molar-refractivity contribution in [2.45, 2.75) is 45.0 Å². The van der Waals surface area contributed by atoms with E-state index in [2.05, 4.69) is 29.8 Å². The summed E-state index contributed by atoms with van der Waals surface area (Å²) in [5.41, 5.74) is 0. The van der Waals surface area contributed by atoms with Gasteiger partial charge in [-0.05, 0) is 18.1 Å². The van der Waals surface area contributed by atoms with Crippen molar-refractivity contribution in [1.29, 1.82) is 0 Å². The third kappa shape index (κ3) is 6.02. The van der Waals surface area contributed by atoms with Gasteiger partial charge < -0.3 is 4.43 Å². The first-order chi connectivity index (χ1) is 8.51. The maximum atomic E-state index is 13.0. The molecule has 8 heteroatoms. The third-order valence-corrected chi connectivity index (χ3v) is 9.20. The van der Waals surface area contributed by atoms with Crippen LogP contribution in [0.1, 0.15) is 20.8 Å². The summed E-state index contributed by atoms with van der Waals surface area (Å²) < 4.78 is 44.8. The molecule has 0 N–H and O–H groups in total. The predicted molar refractivity (Wildman–Crippen MR) is 75.6 cm³/mol. The number of phosphoric acid groups is 1. The molecule has 1 unspecified atom stereocenters. The number of rotatable bonds is 8. The standard InChI is InChI=1S/C11H26FO5PSi/c1-11(2,3)19(6,7)17-10(8-12)9-16-18(13,14-4)15-5/h10H,8-9H2,1-7H3. The molecule has 0 radical (unpaired) electrons. The van der Waals surface area contributed by atoms with Crippen LogP contribution in [0.25, 0.3) is 0 Å². The van der Waals surface area contributed by atoms with Crippen molar-refractivity contribution in [2.24, 2.45) is 0 Å². The van der Waals surface area contributed by atoms with E-state index in [0.29, 0.717) is 0 Å². The van der Waals surface area contributed by atoms with Gasteiger partial charge in [0.1, 0.15) is 6.67 Å². The van der Waals surface area contributed by atoms with E-state index in [1.165, 1.54) is 14.2 Å². The van der Waals surface area contributed by atoms with Gasteiger partial charge in [-0.2, -0.15) is 0 Å². The zero-order valence-electron chi connectivity index (χ0n) is 12.9. The van der Waals surface area contributed by atoms with Crippen molar-refractivity contribution in [3.05, 3.63) is 0 Å². The van der Waals surface area contributed by atoms with Gasteiger partial charge in [0, 0.05) is 14.2 Å². The highest BCUT2D eigenvalue weighted by molar-refractivity contribution is 7.48. The lowest BCUT2D eigenvalue weighted by Crippen LogP contribution is -2.45. The Labute approximate surface area is 116 Å². The lowest BCUT2D eigenvalue weighted by Gasteiger charge is -2.38. The Hall–Kier alpha value is 0.217. The van der Waals surface area contributed by atoms with Gasteiger partial charge in [-0.1, -0.05) is 20.8 Å². The van der Waals surface area contributed by atoms with Crippen molar-refractivity contribution in [2.75, 3.05) is 27.5 Å². The number of phosphoric ester groups is 1. The topological polar surface area (TPSA) is 54.0 Å². The Morgan fingerprint density at radius 3 is 2.00 bits per heavy atom. The van der Waals surface area contributed by atoms with Gasteiger partial charge in [-0.25, -0.2) is 8.96 Å². The van der Waals surface area contributed by atoms with Crippen molar-refractivity contribution >= 4 is 16.1 Å². The molecule has 0 aliphatic heterocycles. The highest BCUT2D eigenvalue weighted by Crippen LogP contribution is 2.47. The molecular weight excluding hydrogens is 290 g/mol. The quantitative estimate of drug-likeness (QED) is 0.504. The first kappa shape index (κ1) is 19.2. The molecule has 19 heavy (non-hydrogen) atoms. The van der Waals surface area contributed by atoms with Crippen LogP contribution in [0.5, 0.6) is 0 Å². The van der Waals surface area contributed by atoms with E-state index in [1.54, 1.807) is 0 Å². The van der Waals surface area contributed by atoms with Gasteiger partial charge in [0.05, 0.1) is 12.7 Å². The van der Waals surface area contributed by atoms with E-state index in [4.69, 9.17) is 8.95 Å². The molecule has 0 rings (SSSR count). The molecule has 0 saturated heterocycles. The first-order valence-corrected chi connectivity index (χ1v) is 10.5. The second kappa shape index (κ2) is 7.29. The second-order valence-corrected chi connectivity index (χ2v) is 12.4. The molecule has 0 amide bonds. The van der Waals surface area contributed by atoms with Crippen LogP contribution in [-0.2, 0) is 22.6 Å². The molecule has 0 bridgehead atoms. The number of hydrogen-bond donors (Lipinski definition) is 0. The Kier molecular flexibility index (Phi) is 7.37. The average Bonchev–Trinajstić information content (AvgIpc) is 2.32. The van der Waals surface area contributed by atoms with Crippen LogP contribution >= 0.6 is 7.82 Å². The molecule has 0 aromatic heterocycles. The van der Waals surface area contributed by atoms with Crippen molar-refractivity contribution in [3.63, 3.8) is 0 Å². The summed E-state index contributed by atoms with van der Waals surface area (Å²) in [6, 6.07) is 0. The van der Waals surface area contributed by atoms with Crippen LogP contribution in [0.3, 0.4) is 0 Å². The SMILES string of the molecule is COP(=O)(OC)OCC(CF)O[Si](C)(C)C(C)(C)C. The third-order valence-electron chi connectivity index (χ3n) is 3.31. The fourth-order valence-electron chi connectivity index (χ4n) is 1.06. The van der Waals surface area contributed by atoms with Crippen LogP contribution in [0.15, 0.2) is 0 Å². The van der Waals surface area contributed by atoms with Crippen LogP contribution in [0, 0.1) is 0 Å². The van der Waals surface area contributed by atoms with E-state index >= 15 is 0 Å². The summed E-state index contributed by atoms with van der Waals surface area (Å²) in [4.78, 5) is 0. The highest BCUT2D eigenvalue weighted by atomic mass is 31.2. The molecule has 0 spiro atoms. The van der Waals surface area contributed by atoms with Gasteiger partial charge in [-0.3, -0.25) is 13.6 Å². The smallest absolute Gasteiger partial charge is 0.409 e. The zero-order valence-corrected chi connectivity index (χ0v) is 14.8. The maximum absolute atomic E-state index is 13.0. The van der Waals surface area contributed by atoms with Crippen LogP contribution in [0.4, 0.5) is 4.39 Å². The van der Waals surface area contributed by atoms with Crippen molar-refractivity contribution < 1.29 is 27.0 Å². The number of alkyl halides is 1. The summed E-state index contributed by atoms with van der Waals surface area (Å²) in [5, 5.41) is -0.0351. The molecule has 0 fully saturated rings. The molecule has 0 saturated carbocycles. The van der Waals surface area contributed by atoms with Gasteiger partial charge >= 0.3 is 7.82 Å².